The fraction of sp³-hybridized carbons (Fsp3) is 0.286. The summed E-state index contributed by atoms with van der Waals surface area (Å²) in [6.07, 6.45) is 0. The number of hydrogen-bond acceptors (Lipinski definition) is 2. The molecule has 1 atom stereocenters. The molecule has 0 saturated heterocycles. The molecule has 0 radical (unpaired) electrons. The van der Waals surface area contributed by atoms with Crippen LogP contribution < -0.4 is 5.73 Å². The highest BCUT2D eigenvalue weighted by Gasteiger charge is 2.13. The number of nitrogens with two attached hydrogens (primary N) is 1. The standard InChI is InChI=1S/C14H16BrNS/c1-8-4-10(3)12(5-9(8)2)14(16)11-6-13(15)17-7-11/h4-7,14H,16H2,1-3H3. The van der Waals surface area contributed by atoms with Crippen LogP contribution in [-0.4, -0.2) is 0 Å². The van der Waals surface area contributed by atoms with Gasteiger partial charge in [-0.3, -0.25) is 0 Å². The summed E-state index contributed by atoms with van der Waals surface area (Å²) in [7, 11) is 0. The Balaban J connectivity index is 2.43. The van der Waals surface area contributed by atoms with Crippen LogP contribution in [0.4, 0.5) is 0 Å². The zero-order chi connectivity index (χ0) is 12.6. The minimum absolute atomic E-state index is 0.0307. The normalized spacial score (nSPS) is 12.8. The smallest absolute Gasteiger partial charge is 0.0701 e. The van der Waals surface area contributed by atoms with Crippen molar-refractivity contribution >= 4 is 27.3 Å². The van der Waals surface area contributed by atoms with E-state index in [0.29, 0.717) is 0 Å². The number of benzene rings is 1. The van der Waals surface area contributed by atoms with Crippen molar-refractivity contribution in [2.45, 2.75) is 26.8 Å². The quantitative estimate of drug-likeness (QED) is 0.869. The summed E-state index contributed by atoms with van der Waals surface area (Å²) in [5.74, 6) is 0. The van der Waals surface area contributed by atoms with Crippen LogP contribution in [0.5, 0.6) is 0 Å². The Morgan fingerprint density at radius 1 is 1.06 bits per heavy atom. The second-order valence-corrected chi connectivity index (χ2v) is 6.75. The third kappa shape index (κ3) is 2.62. The van der Waals surface area contributed by atoms with Crippen LogP contribution in [0.15, 0.2) is 27.4 Å². The summed E-state index contributed by atoms with van der Waals surface area (Å²) >= 11 is 5.16. The lowest BCUT2D eigenvalue weighted by Crippen LogP contribution is -2.13. The fourth-order valence-electron chi connectivity index (χ4n) is 1.98. The average molecular weight is 310 g/mol. The molecular formula is C14H16BrNS. The number of aryl methyl sites for hydroxylation is 3. The van der Waals surface area contributed by atoms with Gasteiger partial charge in [-0.1, -0.05) is 12.1 Å². The van der Waals surface area contributed by atoms with Gasteiger partial charge in [0.05, 0.1) is 9.83 Å². The zero-order valence-corrected chi connectivity index (χ0v) is 12.7. The van der Waals surface area contributed by atoms with E-state index >= 15 is 0 Å². The molecule has 0 aliphatic carbocycles. The lowest BCUT2D eigenvalue weighted by atomic mass is 9.93. The van der Waals surface area contributed by atoms with Gasteiger partial charge < -0.3 is 5.73 Å². The van der Waals surface area contributed by atoms with Gasteiger partial charge in [0.25, 0.3) is 0 Å². The van der Waals surface area contributed by atoms with Crippen molar-refractivity contribution in [1.82, 2.24) is 0 Å². The molecule has 3 heteroatoms. The third-order valence-electron chi connectivity index (χ3n) is 3.16. The molecule has 17 heavy (non-hydrogen) atoms. The molecule has 0 fully saturated rings. The number of rotatable bonds is 2. The van der Waals surface area contributed by atoms with E-state index in [1.807, 2.05) is 0 Å². The molecule has 0 saturated carbocycles. The predicted molar refractivity (Wildman–Crippen MR) is 78.7 cm³/mol. The van der Waals surface area contributed by atoms with Gasteiger partial charge in [0.1, 0.15) is 0 Å². The maximum absolute atomic E-state index is 6.34. The first kappa shape index (κ1) is 12.8. The number of thiophene rings is 1. The number of hydrogen-bond donors (Lipinski definition) is 1. The minimum atomic E-state index is -0.0307. The average Bonchev–Trinajstić information content (AvgIpc) is 2.69. The van der Waals surface area contributed by atoms with Crippen molar-refractivity contribution in [2.24, 2.45) is 5.73 Å². The van der Waals surface area contributed by atoms with Crippen LogP contribution in [-0.2, 0) is 0 Å². The fourth-order valence-corrected chi connectivity index (χ4v) is 3.20. The first-order valence-corrected chi connectivity index (χ1v) is 7.23. The van der Waals surface area contributed by atoms with Gasteiger partial charge in [0.15, 0.2) is 0 Å². The molecule has 0 bridgehead atoms. The minimum Gasteiger partial charge on any atom is -0.320 e. The van der Waals surface area contributed by atoms with Crippen LogP contribution in [0.3, 0.4) is 0 Å². The highest BCUT2D eigenvalue weighted by molar-refractivity contribution is 9.11. The van der Waals surface area contributed by atoms with Gasteiger partial charge in [-0.25, -0.2) is 0 Å². The van der Waals surface area contributed by atoms with Crippen molar-refractivity contribution < 1.29 is 0 Å². The molecular weight excluding hydrogens is 294 g/mol. The third-order valence-corrected chi connectivity index (χ3v) is 4.69. The molecule has 2 rings (SSSR count). The molecule has 2 N–H and O–H groups in total. The summed E-state index contributed by atoms with van der Waals surface area (Å²) in [6, 6.07) is 6.49. The molecule has 1 nitrogen and oxygen atoms in total. The Labute approximate surface area is 115 Å². The SMILES string of the molecule is Cc1cc(C)c(C(N)c2csc(Br)c2)cc1C. The van der Waals surface area contributed by atoms with Crippen molar-refractivity contribution in [3.8, 4) is 0 Å². The predicted octanol–water partition coefficient (Wildman–Crippen LogP) is 4.48. The van der Waals surface area contributed by atoms with Crippen molar-refractivity contribution in [1.29, 1.82) is 0 Å². The lowest BCUT2D eigenvalue weighted by molar-refractivity contribution is 0.863. The molecule has 90 valence electrons. The molecule has 1 aromatic carbocycles. The molecule has 0 amide bonds. The van der Waals surface area contributed by atoms with E-state index in [-0.39, 0.29) is 6.04 Å². The van der Waals surface area contributed by atoms with E-state index < -0.39 is 0 Å². The maximum Gasteiger partial charge on any atom is 0.0701 e. The van der Waals surface area contributed by atoms with Gasteiger partial charge >= 0.3 is 0 Å². The van der Waals surface area contributed by atoms with E-state index in [1.54, 1.807) is 11.3 Å². The second-order valence-electron chi connectivity index (χ2n) is 4.45. The van der Waals surface area contributed by atoms with E-state index in [1.165, 1.54) is 27.8 Å². The summed E-state index contributed by atoms with van der Waals surface area (Å²) in [6.45, 7) is 6.40. The van der Waals surface area contributed by atoms with Gasteiger partial charge in [0, 0.05) is 0 Å². The molecule has 1 unspecified atom stereocenters. The van der Waals surface area contributed by atoms with Crippen LogP contribution >= 0.6 is 27.3 Å². The van der Waals surface area contributed by atoms with Crippen LogP contribution in [0.2, 0.25) is 0 Å². The van der Waals surface area contributed by atoms with E-state index in [0.717, 1.165) is 3.79 Å². The summed E-state index contributed by atoms with van der Waals surface area (Å²) < 4.78 is 1.13. The highest BCUT2D eigenvalue weighted by atomic mass is 79.9. The van der Waals surface area contributed by atoms with Gasteiger partial charge in [0.2, 0.25) is 0 Å². The van der Waals surface area contributed by atoms with Crippen molar-refractivity contribution in [2.75, 3.05) is 0 Å². The zero-order valence-electron chi connectivity index (χ0n) is 10.3. The highest BCUT2D eigenvalue weighted by Crippen LogP contribution is 2.30. The molecule has 1 aromatic heterocycles. The molecule has 0 spiro atoms. The van der Waals surface area contributed by atoms with Gasteiger partial charge in [-0.05, 0) is 76.0 Å². The monoisotopic (exact) mass is 309 g/mol. The topological polar surface area (TPSA) is 26.0 Å². The summed E-state index contributed by atoms with van der Waals surface area (Å²) in [5.41, 5.74) is 12.6. The Morgan fingerprint density at radius 2 is 1.71 bits per heavy atom. The first-order chi connectivity index (χ1) is 7.99. The van der Waals surface area contributed by atoms with Gasteiger partial charge in [-0.15, -0.1) is 11.3 Å². The van der Waals surface area contributed by atoms with Crippen molar-refractivity contribution in [3.63, 3.8) is 0 Å². The number of halogens is 1. The Bertz CT molecular complexity index is 545. The van der Waals surface area contributed by atoms with Gasteiger partial charge in [-0.2, -0.15) is 0 Å². The largest absolute Gasteiger partial charge is 0.320 e. The molecule has 1 heterocycles. The summed E-state index contributed by atoms with van der Waals surface area (Å²) in [5, 5.41) is 2.11. The Hall–Kier alpha value is -0.640. The molecule has 0 aliphatic rings. The van der Waals surface area contributed by atoms with E-state index in [9.17, 15) is 0 Å². The van der Waals surface area contributed by atoms with Crippen molar-refractivity contribution in [3.05, 3.63) is 55.2 Å². The molecule has 2 aromatic rings. The first-order valence-electron chi connectivity index (χ1n) is 5.56. The van der Waals surface area contributed by atoms with Crippen LogP contribution in [0.1, 0.15) is 33.9 Å². The molecule has 0 aliphatic heterocycles. The second kappa shape index (κ2) is 4.92. The van der Waals surface area contributed by atoms with Crippen LogP contribution in [0.25, 0.3) is 0 Å². The summed E-state index contributed by atoms with van der Waals surface area (Å²) in [4.78, 5) is 0. The van der Waals surface area contributed by atoms with E-state index in [2.05, 4.69) is 60.3 Å². The van der Waals surface area contributed by atoms with E-state index in [4.69, 9.17) is 5.73 Å². The lowest BCUT2D eigenvalue weighted by Gasteiger charge is -2.16. The maximum atomic E-state index is 6.34. The van der Waals surface area contributed by atoms with Crippen LogP contribution in [0, 0.1) is 20.8 Å². The Kier molecular flexibility index (Phi) is 3.71. The Morgan fingerprint density at radius 3 is 2.29 bits per heavy atom.